The first kappa shape index (κ1) is 36.8. The predicted molar refractivity (Wildman–Crippen MR) is 212 cm³/mol. The van der Waals surface area contributed by atoms with Crippen LogP contribution in [0.25, 0.3) is 22.5 Å². The molecule has 10 heteroatoms. The lowest BCUT2D eigenvalue weighted by molar-refractivity contribution is 0.0335. The van der Waals surface area contributed by atoms with Gasteiger partial charge in [0.2, 0.25) is 0 Å². The maximum absolute atomic E-state index is 17.6. The number of hydrogen-bond donors (Lipinski definition) is 0. The van der Waals surface area contributed by atoms with Crippen LogP contribution in [0, 0.1) is 23.3 Å². The van der Waals surface area contributed by atoms with E-state index in [-0.39, 0.29) is 33.9 Å². The van der Waals surface area contributed by atoms with Crippen LogP contribution in [-0.2, 0) is 5.92 Å². The Morgan fingerprint density at radius 1 is 0.351 bits per heavy atom. The van der Waals surface area contributed by atoms with Crippen LogP contribution < -0.4 is 9.80 Å². The molecule has 8 rings (SSSR count). The maximum atomic E-state index is 17.6. The summed E-state index contributed by atoms with van der Waals surface area (Å²) in [6, 6.07) is 46.8. The Labute approximate surface area is 324 Å². The number of rotatable bonds is 10. The van der Waals surface area contributed by atoms with Gasteiger partial charge in [0.05, 0.1) is 22.8 Å². The fourth-order valence-corrected chi connectivity index (χ4v) is 6.62. The van der Waals surface area contributed by atoms with Crippen LogP contribution in [0.1, 0.15) is 11.4 Å². The topological polar surface area (TPSA) is 32.3 Å². The fraction of sp³-hybridized carbons (Fsp3) is 0.0213. The lowest BCUT2D eigenvalue weighted by Crippen LogP contribution is -2.22. The van der Waals surface area contributed by atoms with Crippen LogP contribution >= 0.6 is 0 Å². The Bertz CT molecular complexity index is 2400. The molecular formula is C47H30F6N4. The number of anilines is 6. The molecule has 280 valence electrons. The molecule has 0 spiro atoms. The van der Waals surface area contributed by atoms with E-state index in [0.29, 0.717) is 34.9 Å². The molecule has 8 aromatic rings. The first-order chi connectivity index (χ1) is 27.7. The summed E-state index contributed by atoms with van der Waals surface area (Å²) in [5, 5.41) is 0. The Hall–Kier alpha value is -7.20. The molecule has 57 heavy (non-hydrogen) atoms. The fourth-order valence-electron chi connectivity index (χ4n) is 6.62. The van der Waals surface area contributed by atoms with Gasteiger partial charge in [-0.2, -0.15) is 8.78 Å². The van der Waals surface area contributed by atoms with Gasteiger partial charge in [-0.05, 0) is 97.1 Å². The third kappa shape index (κ3) is 7.57. The van der Waals surface area contributed by atoms with E-state index < -0.39 is 40.6 Å². The first-order valence-corrected chi connectivity index (χ1v) is 17.8. The number of hydrogen-bond acceptors (Lipinski definition) is 4. The van der Waals surface area contributed by atoms with Crippen LogP contribution in [0.2, 0.25) is 0 Å². The molecule has 0 aliphatic carbocycles. The summed E-state index contributed by atoms with van der Waals surface area (Å²) >= 11 is 0. The second kappa shape index (κ2) is 15.5. The Morgan fingerprint density at radius 2 is 0.667 bits per heavy atom. The van der Waals surface area contributed by atoms with Crippen LogP contribution in [-0.4, -0.2) is 9.97 Å². The Kier molecular flexibility index (Phi) is 10.00. The number of benzene rings is 6. The summed E-state index contributed by atoms with van der Waals surface area (Å²) in [6.07, 6.45) is 0. The zero-order valence-electron chi connectivity index (χ0n) is 29.9. The average Bonchev–Trinajstić information content (AvgIpc) is 3.22. The normalized spacial score (nSPS) is 11.3. The molecule has 0 aliphatic rings. The van der Waals surface area contributed by atoms with Crippen molar-refractivity contribution < 1.29 is 26.3 Å². The van der Waals surface area contributed by atoms with Gasteiger partial charge in [0.1, 0.15) is 34.7 Å². The van der Waals surface area contributed by atoms with E-state index in [1.165, 1.54) is 24.3 Å². The molecule has 6 aromatic carbocycles. The third-order valence-corrected chi connectivity index (χ3v) is 9.25. The summed E-state index contributed by atoms with van der Waals surface area (Å²) in [5.41, 5.74) is 0.303. The van der Waals surface area contributed by atoms with E-state index in [1.807, 2.05) is 24.3 Å². The molecule has 0 radical (unpaired) electrons. The molecule has 0 atom stereocenters. The van der Waals surface area contributed by atoms with Crippen LogP contribution in [0.5, 0.6) is 0 Å². The number of nitrogens with zero attached hydrogens (tertiary/aromatic N) is 4. The van der Waals surface area contributed by atoms with E-state index >= 15 is 17.6 Å². The van der Waals surface area contributed by atoms with Gasteiger partial charge in [0.15, 0.2) is 0 Å². The monoisotopic (exact) mass is 764 g/mol. The lowest BCUT2D eigenvalue weighted by Gasteiger charge is -2.28. The highest BCUT2D eigenvalue weighted by Gasteiger charge is 2.40. The molecule has 2 aromatic heterocycles. The van der Waals surface area contributed by atoms with Crippen molar-refractivity contribution in [1.29, 1.82) is 0 Å². The number of pyridine rings is 2. The van der Waals surface area contributed by atoms with Gasteiger partial charge in [-0.3, -0.25) is 0 Å². The molecule has 0 amide bonds. The highest BCUT2D eigenvalue weighted by Crippen LogP contribution is 2.44. The molecule has 0 saturated carbocycles. The summed E-state index contributed by atoms with van der Waals surface area (Å²) in [4.78, 5) is 12.1. The largest absolute Gasteiger partial charge is 0.331 e. The third-order valence-electron chi connectivity index (χ3n) is 9.25. The van der Waals surface area contributed by atoms with Crippen molar-refractivity contribution in [2.45, 2.75) is 5.92 Å². The van der Waals surface area contributed by atoms with Gasteiger partial charge < -0.3 is 9.80 Å². The number of alkyl halides is 2. The second-order valence-electron chi connectivity index (χ2n) is 13.0. The Morgan fingerprint density at radius 3 is 0.965 bits per heavy atom. The molecule has 0 fully saturated rings. The summed E-state index contributed by atoms with van der Waals surface area (Å²) in [7, 11) is 0. The molecule has 0 aliphatic heterocycles. The Balaban J connectivity index is 1.39. The molecule has 0 N–H and O–H groups in total. The minimum Gasteiger partial charge on any atom is -0.310 e. The number of para-hydroxylation sites is 4. The highest BCUT2D eigenvalue weighted by molar-refractivity contribution is 5.81. The lowest BCUT2D eigenvalue weighted by atomic mass is 10.0. The van der Waals surface area contributed by atoms with Gasteiger partial charge in [-0.25, -0.2) is 27.5 Å². The van der Waals surface area contributed by atoms with Crippen LogP contribution in [0.3, 0.4) is 0 Å². The highest BCUT2D eigenvalue weighted by atomic mass is 19.3. The number of halogens is 6. The zero-order valence-corrected chi connectivity index (χ0v) is 29.9. The number of aromatic nitrogens is 2. The molecule has 0 saturated heterocycles. The van der Waals surface area contributed by atoms with Gasteiger partial charge in [-0.1, -0.05) is 72.8 Å². The van der Waals surface area contributed by atoms with E-state index in [1.54, 1.807) is 107 Å². The maximum Gasteiger partial charge on any atom is 0.331 e. The van der Waals surface area contributed by atoms with Crippen LogP contribution in [0.15, 0.2) is 182 Å². The van der Waals surface area contributed by atoms with Crippen molar-refractivity contribution in [2.24, 2.45) is 0 Å². The zero-order chi connectivity index (χ0) is 39.5. The summed E-state index contributed by atoms with van der Waals surface area (Å²) in [5.74, 6) is -7.74. The molecule has 0 bridgehead atoms. The van der Waals surface area contributed by atoms with Gasteiger partial charge in [0.25, 0.3) is 0 Å². The summed E-state index contributed by atoms with van der Waals surface area (Å²) < 4.78 is 94.5. The minimum absolute atomic E-state index is 0.187. The van der Waals surface area contributed by atoms with E-state index in [2.05, 4.69) is 9.97 Å². The van der Waals surface area contributed by atoms with Crippen LogP contribution in [0.4, 0.5) is 60.5 Å². The minimum atomic E-state index is -4.03. The second-order valence-corrected chi connectivity index (χ2v) is 13.0. The van der Waals surface area contributed by atoms with Crippen molar-refractivity contribution in [1.82, 2.24) is 9.97 Å². The van der Waals surface area contributed by atoms with E-state index in [4.69, 9.17) is 0 Å². The predicted octanol–water partition coefficient (Wildman–Crippen LogP) is 13.4. The van der Waals surface area contributed by atoms with E-state index in [0.717, 1.165) is 24.3 Å². The van der Waals surface area contributed by atoms with E-state index in [9.17, 15) is 8.78 Å². The molecule has 2 heterocycles. The standard InChI is InChI=1S/C47H30F6N4/c48-31-21-23-39(41(50)25-31)43-27-37(56(33-13-5-1-6-14-33)34-15-7-2-8-16-34)29-45(54-43)47(52,53)46-30-38(28-44(55-46)40-24-22-32(49)26-42(40)51)57(35-17-9-3-10-18-35)36-19-11-4-12-20-36/h1-30H. The molecule has 0 unspecified atom stereocenters. The molecular weight excluding hydrogens is 735 g/mol. The van der Waals surface area contributed by atoms with Gasteiger partial charge >= 0.3 is 5.92 Å². The van der Waals surface area contributed by atoms with Crippen molar-refractivity contribution in [3.63, 3.8) is 0 Å². The van der Waals surface area contributed by atoms with Crippen molar-refractivity contribution in [3.8, 4) is 22.5 Å². The first-order valence-electron chi connectivity index (χ1n) is 17.8. The quantitative estimate of drug-likeness (QED) is 0.130. The van der Waals surface area contributed by atoms with Gasteiger partial charge in [-0.15, -0.1) is 0 Å². The smallest absolute Gasteiger partial charge is 0.310 e. The van der Waals surface area contributed by atoms with Crippen molar-refractivity contribution in [3.05, 3.63) is 217 Å². The SMILES string of the molecule is Fc1ccc(-c2cc(N(c3ccccc3)c3ccccc3)cc(C(F)(F)c3cc(N(c4ccccc4)c4ccccc4)cc(-c4ccc(F)cc4F)n3)n2)c(F)c1. The average molecular weight is 765 g/mol. The molecule has 4 nitrogen and oxygen atoms in total. The van der Waals surface area contributed by atoms with Crippen molar-refractivity contribution in [2.75, 3.05) is 9.80 Å². The van der Waals surface area contributed by atoms with Gasteiger partial charge in [0, 0.05) is 46.0 Å². The summed E-state index contributed by atoms with van der Waals surface area (Å²) in [6.45, 7) is 0. The van der Waals surface area contributed by atoms with Crippen molar-refractivity contribution >= 4 is 34.1 Å².